The van der Waals surface area contributed by atoms with Gasteiger partial charge >= 0.3 is 6.03 Å². The third-order valence-corrected chi connectivity index (χ3v) is 6.92. The van der Waals surface area contributed by atoms with Crippen molar-refractivity contribution in [1.29, 1.82) is 0 Å². The monoisotopic (exact) mass is 465 g/mol. The van der Waals surface area contributed by atoms with E-state index in [4.69, 9.17) is 4.74 Å². The van der Waals surface area contributed by atoms with Crippen molar-refractivity contribution in [3.63, 3.8) is 0 Å². The number of rotatable bonds is 5. The molecule has 2 N–H and O–H groups in total. The van der Waals surface area contributed by atoms with Gasteiger partial charge in [0.15, 0.2) is 0 Å². The maximum atomic E-state index is 12.9. The van der Waals surface area contributed by atoms with Gasteiger partial charge < -0.3 is 15.4 Å². The second-order valence-corrected chi connectivity index (χ2v) is 9.03. The van der Waals surface area contributed by atoms with Gasteiger partial charge in [-0.25, -0.2) is 4.79 Å². The highest BCUT2D eigenvalue weighted by molar-refractivity contribution is 6.22. The van der Waals surface area contributed by atoms with Gasteiger partial charge in [0, 0.05) is 11.3 Å². The molecule has 3 aromatic carbocycles. The number of amides is 4. The Morgan fingerprint density at radius 2 is 1.74 bits per heavy atom. The lowest BCUT2D eigenvalue weighted by atomic mass is 9.98. The lowest BCUT2D eigenvalue weighted by Gasteiger charge is -2.18. The summed E-state index contributed by atoms with van der Waals surface area (Å²) in [7, 11) is 1.56. The number of hydrogen-bond donors (Lipinski definition) is 2. The largest absolute Gasteiger partial charge is 0.495 e. The van der Waals surface area contributed by atoms with Crippen molar-refractivity contribution < 1.29 is 19.1 Å². The fourth-order valence-corrected chi connectivity index (χ4v) is 5.21. The molecule has 35 heavy (non-hydrogen) atoms. The van der Waals surface area contributed by atoms with Gasteiger partial charge in [-0.3, -0.25) is 14.5 Å². The van der Waals surface area contributed by atoms with Gasteiger partial charge in [-0.1, -0.05) is 42.5 Å². The maximum Gasteiger partial charge on any atom is 0.323 e. The zero-order valence-corrected chi connectivity index (χ0v) is 19.1. The Labute approximate surface area is 202 Å². The van der Waals surface area contributed by atoms with Gasteiger partial charge in [0.05, 0.1) is 24.9 Å². The lowest BCUT2D eigenvalue weighted by molar-refractivity contribution is -0.138. The Bertz CT molecular complexity index is 1470. The quantitative estimate of drug-likeness (QED) is 0.519. The van der Waals surface area contributed by atoms with E-state index in [0.717, 1.165) is 34.8 Å². The van der Waals surface area contributed by atoms with Gasteiger partial charge in [0.2, 0.25) is 0 Å². The van der Waals surface area contributed by atoms with E-state index >= 15 is 0 Å². The molecule has 0 saturated heterocycles. The summed E-state index contributed by atoms with van der Waals surface area (Å²) in [6.45, 7) is 0.214. The first-order chi connectivity index (χ1) is 17.0. The van der Waals surface area contributed by atoms with E-state index in [9.17, 15) is 14.4 Å². The summed E-state index contributed by atoms with van der Waals surface area (Å²) >= 11 is 0. The Morgan fingerprint density at radius 1 is 1.00 bits per heavy atom. The van der Waals surface area contributed by atoms with E-state index in [1.54, 1.807) is 19.2 Å². The summed E-state index contributed by atoms with van der Waals surface area (Å²) in [4.78, 5) is 39.7. The van der Waals surface area contributed by atoms with Crippen LogP contribution in [0.2, 0.25) is 0 Å². The molecule has 7 heteroatoms. The van der Waals surface area contributed by atoms with Crippen molar-refractivity contribution in [2.75, 3.05) is 17.7 Å². The molecule has 1 unspecified atom stereocenters. The molecule has 2 aliphatic carbocycles. The number of methoxy groups -OCH3 is 1. The van der Waals surface area contributed by atoms with E-state index < -0.39 is 6.03 Å². The first kappa shape index (κ1) is 21.2. The summed E-state index contributed by atoms with van der Waals surface area (Å²) in [5.74, 6) is 0.389. The van der Waals surface area contributed by atoms with Gasteiger partial charge in [0.1, 0.15) is 5.75 Å². The van der Waals surface area contributed by atoms with Gasteiger partial charge in [-0.2, -0.15) is 0 Å². The van der Waals surface area contributed by atoms with Crippen LogP contribution in [0.1, 0.15) is 18.4 Å². The average molecular weight is 466 g/mol. The smallest absolute Gasteiger partial charge is 0.323 e. The zero-order valence-electron chi connectivity index (χ0n) is 19.1. The summed E-state index contributed by atoms with van der Waals surface area (Å²) in [6, 6.07) is 18.3. The molecule has 0 fully saturated rings. The number of likely N-dealkylation sites (tertiary alicyclic amines) is 1. The summed E-state index contributed by atoms with van der Waals surface area (Å²) < 4.78 is 5.44. The molecule has 3 aromatic rings. The standard InChI is InChI=1S/C28H23N3O4/c1-35-23-14-18-5-3-2-4-17(18)13-22(23)30-28(34)29-21-10-6-16(7-11-21)15-31-26(32)24-19-8-9-20(12-19)25(24)27(31)33/h2-8,10-11,13-14,20H,9,12,15H2,1H3,(H2,29,30,34). The molecule has 0 saturated carbocycles. The van der Waals surface area contributed by atoms with E-state index in [2.05, 4.69) is 16.7 Å². The predicted molar refractivity (Wildman–Crippen MR) is 133 cm³/mol. The van der Waals surface area contributed by atoms with Crippen LogP contribution in [0.3, 0.4) is 0 Å². The van der Waals surface area contributed by atoms with Crippen LogP contribution in [-0.2, 0) is 16.1 Å². The number of urea groups is 1. The third-order valence-electron chi connectivity index (χ3n) is 6.92. The average Bonchev–Trinajstić information content (AvgIpc) is 3.55. The number of nitrogens with one attached hydrogen (secondary N) is 2. The minimum absolute atomic E-state index is 0.163. The Hall–Kier alpha value is -4.39. The second-order valence-electron chi connectivity index (χ2n) is 9.03. The molecule has 3 aliphatic rings. The van der Waals surface area contributed by atoms with Crippen LogP contribution in [0.15, 0.2) is 83.5 Å². The molecule has 7 nitrogen and oxygen atoms in total. The van der Waals surface area contributed by atoms with E-state index in [1.165, 1.54) is 4.90 Å². The fourth-order valence-electron chi connectivity index (χ4n) is 5.21. The lowest BCUT2D eigenvalue weighted by Crippen LogP contribution is -2.32. The third kappa shape index (κ3) is 3.56. The molecule has 4 amide bonds. The van der Waals surface area contributed by atoms with Crippen molar-refractivity contribution in [2.24, 2.45) is 5.92 Å². The van der Waals surface area contributed by atoms with E-state index in [0.29, 0.717) is 28.3 Å². The molecule has 1 heterocycles. The van der Waals surface area contributed by atoms with Crippen molar-refractivity contribution in [1.82, 2.24) is 4.90 Å². The summed E-state index contributed by atoms with van der Waals surface area (Å²) in [5, 5.41) is 7.66. The first-order valence-electron chi connectivity index (χ1n) is 11.6. The number of nitrogens with zero attached hydrogens (tertiary/aromatic N) is 1. The molecule has 0 radical (unpaired) electrons. The van der Waals surface area contributed by atoms with Crippen molar-refractivity contribution in [3.8, 4) is 5.75 Å². The Balaban J connectivity index is 1.12. The zero-order chi connectivity index (χ0) is 24.1. The van der Waals surface area contributed by atoms with Crippen LogP contribution in [0.25, 0.3) is 10.8 Å². The second kappa shape index (κ2) is 8.13. The van der Waals surface area contributed by atoms with Crippen LogP contribution in [0.4, 0.5) is 16.2 Å². The first-order valence-corrected chi connectivity index (χ1v) is 11.6. The van der Waals surface area contributed by atoms with Crippen LogP contribution in [0, 0.1) is 5.92 Å². The number of ether oxygens (including phenoxy) is 1. The number of anilines is 2. The summed E-state index contributed by atoms with van der Waals surface area (Å²) in [6.07, 6.45) is 3.76. The van der Waals surface area contributed by atoms with Crippen molar-refractivity contribution in [3.05, 3.63) is 89.0 Å². The maximum absolute atomic E-state index is 12.9. The molecule has 1 aliphatic heterocycles. The normalized spacial score (nSPS) is 18.3. The molecule has 0 spiro atoms. The number of fused-ring (bicyclic) bond motifs is 5. The number of carbonyl (C=O) groups is 3. The highest BCUT2D eigenvalue weighted by Gasteiger charge is 2.48. The molecule has 2 bridgehead atoms. The number of imide groups is 1. The molecular formula is C28H23N3O4. The number of allylic oxidation sites excluding steroid dienone is 1. The fraction of sp³-hybridized carbons (Fsp3) is 0.179. The molecule has 174 valence electrons. The molecule has 6 rings (SSSR count). The van der Waals surface area contributed by atoms with Crippen molar-refractivity contribution >= 4 is 40.0 Å². The number of carbonyl (C=O) groups excluding carboxylic acids is 3. The molecule has 1 atom stereocenters. The summed E-state index contributed by atoms with van der Waals surface area (Å²) in [5.41, 5.74) is 4.33. The van der Waals surface area contributed by atoms with Gasteiger partial charge in [-0.15, -0.1) is 0 Å². The van der Waals surface area contributed by atoms with Gasteiger partial charge in [0.25, 0.3) is 11.8 Å². The Kier molecular flexibility index (Phi) is 4.91. The molecule has 0 aromatic heterocycles. The van der Waals surface area contributed by atoms with E-state index in [1.807, 2.05) is 48.5 Å². The Morgan fingerprint density at radius 3 is 2.46 bits per heavy atom. The minimum atomic E-state index is -0.402. The van der Waals surface area contributed by atoms with Crippen LogP contribution in [-0.4, -0.2) is 29.9 Å². The SMILES string of the molecule is COc1cc2ccccc2cc1NC(=O)Nc1ccc(CN2C(=O)C3=C(C2=O)C2CC=C3C2)cc1. The predicted octanol–water partition coefficient (Wildman–Crippen LogP) is 5.01. The molecular weight excluding hydrogens is 442 g/mol. The minimum Gasteiger partial charge on any atom is -0.495 e. The topological polar surface area (TPSA) is 87.7 Å². The highest BCUT2D eigenvalue weighted by atomic mass is 16.5. The van der Waals surface area contributed by atoms with Crippen LogP contribution in [0.5, 0.6) is 5.75 Å². The highest BCUT2D eigenvalue weighted by Crippen LogP contribution is 2.48. The van der Waals surface area contributed by atoms with Gasteiger partial charge in [-0.05, 0) is 64.9 Å². The number of benzene rings is 3. The van der Waals surface area contributed by atoms with Crippen LogP contribution >= 0.6 is 0 Å². The number of hydrogen-bond acceptors (Lipinski definition) is 4. The van der Waals surface area contributed by atoms with Crippen molar-refractivity contribution in [2.45, 2.75) is 19.4 Å². The van der Waals surface area contributed by atoms with Crippen LogP contribution < -0.4 is 15.4 Å². The van der Waals surface area contributed by atoms with E-state index in [-0.39, 0.29) is 24.3 Å².